The number of nitrogens with two attached hydrogens (primary N) is 1. The van der Waals surface area contributed by atoms with Gasteiger partial charge in [-0.3, -0.25) is 4.79 Å². The average molecular weight is 210 g/mol. The average Bonchev–Trinajstić information content (AvgIpc) is 2.21. The molecule has 4 heteroatoms. The second kappa shape index (κ2) is 5.46. The molecule has 0 aliphatic rings. The Morgan fingerprint density at radius 1 is 1.53 bits per heavy atom. The van der Waals surface area contributed by atoms with E-state index in [9.17, 15) is 9.18 Å². The van der Waals surface area contributed by atoms with Crippen LogP contribution in [0.2, 0.25) is 0 Å². The first-order valence-corrected chi connectivity index (χ1v) is 4.96. The van der Waals surface area contributed by atoms with Gasteiger partial charge in [0.2, 0.25) is 5.91 Å². The van der Waals surface area contributed by atoms with Crippen LogP contribution in [0.1, 0.15) is 19.8 Å². The predicted molar refractivity (Wildman–Crippen MR) is 57.9 cm³/mol. The molecule has 0 saturated carbocycles. The van der Waals surface area contributed by atoms with Gasteiger partial charge in [-0.15, -0.1) is 0 Å². The Morgan fingerprint density at radius 2 is 2.20 bits per heavy atom. The topological polar surface area (TPSA) is 55.1 Å². The van der Waals surface area contributed by atoms with Gasteiger partial charge in [-0.2, -0.15) is 0 Å². The van der Waals surface area contributed by atoms with Crippen LogP contribution in [-0.2, 0) is 4.79 Å². The molecule has 0 aromatic heterocycles. The third-order valence-electron chi connectivity index (χ3n) is 2.07. The molecule has 0 unspecified atom stereocenters. The van der Waals surface area contributed by atoms with Crippen LogP contribution in [0.25, 0.3) is 0 Å². The number of nitrogens with one attached hydrogen (secondary N) is 1. The van der Waals surface area contributed by atoms with Gasteiger partial charge in [0.05, 0.1) is 11.7 Å². The highest BCUT2D eigenvalue weighted by atomic mass is 19.1. The normalized spacial score (nSPS) is 12.2. The number of amides is 1. The minimum Gasteiger partial charge on any atom is -0.322 e. The molecule has 82 valence electrons. The Bertz CT molecular complexity index is 341. The monoisotopic (exact) mass is 210 g/mol. The summed E-state index contributed by atoms with van der Waals surface area (Å²) in [6.07, 6.45) is 1.42. The molecule has 0 heterocycles. The van der Waals surface area contributed by atoms with Crippen molar-refractivity contribution < 1.29 is 9.18 Å². The van der Waals surface area contributed by atoms with Crippen molar-refractivity contribution in [2.45, 2.75) is 25.8 Å². The summed E-state index contributed by atoms with van der Waals surface area (Å²) in [7, 11) is 0. The van der Waals surface area contributed by atoms with Gasteiger partial charge >= 0.3 is 0 Å². The number of hydrogen-bond acceptors (Lipinski definition) is 2. The maximum absolute atomic E-state index is 13.1. The van der Waals surface area contributed by atoms with Gasteiger partial charge in [0.25, 0.3) is 0 Å². The van der Waals surface area contributed by atoms with E-state index in [1.165, 1.54) is 12.1 Å². The lowest BCUT2D eigenvalue weighted by atomic mass is 10.1. The molecule has 1 aromatic carbocycles. The first kappa shape index (κ1) is 11.7. The number of carbonyl (C=O) groups is 1. The lowest BCUT2D eigenvalue weighted by molar-refractivity contribution is -0.117. The van der Waals surface area contributed by atoms with E-state index in [0.29, 0.717) is 6.42 Å². The van der Waals surface area contributed by atoms with Crippen molar-refractivity contribution >= 4 is 11.6 Å². The van der Waals surface area contributed by atoms with E-state index in [0.717, 1.165) is 6.42 Å². The molecule has 1 aromatic rings. The van der Waals surface area contributed by atoms with Gasteiger partial charge in [-0.25, -0.2) is 4.39 Å². The number of hydrogen-bond donors (Lipinski definition) is 2. The molecule has 1 atom stereocenters. The van der Waals surface area contributed by atoms with Crippen LogP contribution in [-0.4, -0.2) is 11.9 Å². The summed E-state index contributed by atoms with van der Waals surface area (Å²) < 4.78 is 13.1. The highest BCUT2D eigenvalue weighted by Gasteiger charge is 2.13. The highest BCUT2D eigenvalue weighted by Crippen LogP contribution is 2.12. The third kappa shape index (κ3) is 3.32. The van der Waals surface area contributed by atoms with E-state index < -0.39 is 11.9 Å². The zero-order chi connectivity index (χ0) is 11.3. The van der Waals surface area contributed by atoms with Crippen LogP contribution >= 0.6 is 0 Å². The molecule has 0 aliphatic carbocycles. The Hall–Kier alpha value is -1.42. The molecule has 15 heavy (non-hydrogen) atoms. The van der Waals surface area contributed by atoms with Crippen molar-refractivity contribution in [1.82, 2.24) is 0 Å². The third-order valence-corrected chi connectivity index (χ3v) is 2.07. The fourth-order valence-electron chi connectivity index (χ4n) is 1.23. The summed E-state index contributed by atoms with van der Waals surface area (Å²) >= 11 is 0. The Labute approximate surface area is 88.5 Å². The molecule has 0 saturated heterocycles. The predicted octanol–water partition coefficient (Wildman–Crippen LogP) is 1.89. The van der Waals surface area contributed by atoms with Crippen molar-refractivity contribution in [1.29, 1.82) is 0 Å². The molecule has 0 aliphatic heterocycles. The number of rotatable bonds is 4. The summed E-state index contributed by atoms with van der Waals surface area (Å²) in [6.45, 7) is 1.94. The molecule has 1 amide bonds. The van der Waals surface area contributed by atoms with E-state index in [1.807, 2.05) is 6.92 Å². The smallest absolute Gasteiger partial charge is 0.241 e. The van der Waals surface area contributed by atoms with Gasteiger partial charge in [0.1, 0.15) is 5.82 Å². The molecular formula is C11H15FN2O. The molecule has 0 radical (unpaired) electrons. The number of halogens is 1. The molecular weight excluding hydrogens is 195 g/mol. The summed E-state index contributed by atoms with van der Waals surface area (Å²) in [5.41, 5.74) is 5.77. The second-order valence-electron chi connectivity index (χ2n) is 3.36. The van der Waals surface area contributed by atoms with Crippen molar-refractivity contribution in [2.24, 2.45) is 5.73 Å². The van der Waals surface area contributed by atoms with Crippen molar-refractivity contribution in [3.63, 3.8) is 0 Å². The van der Waals surface area contributed by atoms with Gasteiger partial charge < -0.3 is 11.1 Å². The fraction of sp³-hybridized carbons (Fsp3) is 0.364. The minimum atomic E-state index is -0.574. The quantitative estimate of drug-likeness (QED) is 0.797. The fourth-order valence-corrected chi connectivity index (χ4v) is 1.23. The SMILES string of the molecule is CCC[C@H](N)C(=O)Nc1ccccc1F. The van der Waals surface area contributed by atoms with E-state index in [2.05, 4.69) is 5.32 Å². The summed E-state index contributed by atoms with van der Waals surface area (Å²) in [6, 6.07) is 5.45. The zero-order valence-electron chi connectivity index (χ0n) is 8.66. The maximum atomic E-state index is 13.1. The first-order valence-electron chi connectivity index (χ1n) is 4.96. The van der Waals surface area contributed by atoms with Crippen LogP contribution in [0.15, 0.2) is 24.3 Å². The first-order chi connectivity index (χ1) is 7.15. The number of carbonyl (C=O) groups excluding carboxylic acids is 1. The summed E-state index contributed by atoms with van der Waals surface area (Å²) in [5, 5.41) is 2.46. The lowest BCUT2D eigenvalue weighted by Crippen LogP contribution is -2.35. The van der Waals surface area contributed by atoms with E-state index in [4.69, 9.17) is 5.73 Å². The highest BCUT2D eigenvalue weighted by molar-refractivity contribution is 5.94. The zero-order valence-corrected chi connectivity index (χ0v) is 8.66. The Morgan fingerprint density at radius 3 is 2.80 bits per heavy atom. The maximum Gasteiger partial charge on any atom is 0.241 e. The van der Waals surface area contributed by atoms with Gasteiger partial charge in [0.15, 0.2) is 0 Å². The van der Waals surface area contributed by atoms with Crippen LogP contribution in [0, 0.1) is 5.82 Å². The molecule has 1 rings (SSSR count). The molecule has 0 fully saturated rings. The van der Waals surface area contributed by atoms with Gasteiger partial charge in [-0.1, -0.05) is 25.5 Å². The van der Waals surface area contributed by atoms with Gasteiger partial charge in [-0.05, 0) is 18.6 Å². The van der Waals surface area contributed by atoms with Crippen LogP contribution < -0.4 is 11.1 Å². The van der Waals surface area contributed by atoms with E-state index in [-0.39, 0.29) is 11.6 Å². The Kier molecular flexibility index (Phi) is 4.24. The van der Waals surface area contributed by atoms with Crippen molar-refractivity contribution in [2.75, 3.05) is 5.32 Å². The van der Waals surface area contributed by atoms with Gasteiger partial charge in [0, 0.05) is 0 Å². The van der Waals surface area contributed by atoms with Crippen molar-refractivity contribution in [3.05, 3.63) is 30.1 Å². The van der Waals surface area contributed by atoms with E-state index >= 15 is 0 Å². The van der Waals surface area contributed by atoms with Crippen molar-refractivity contribution in [3.8, 4) is 0 Å². The number of anilines is 1. The summed E-state index contributed by atoms with van der Waals surface area (Å²) in [4.78, 5) is 11.5. The Balaban J connectivity index is 2.62. The molecule has 0 spiro atoms. The number of benzene rings is 1. The standard InChI is InChI=1S/C11H15FN2O/c1-2-5-9(13)11(15)14-10-7-4-3-6-8(10)12/h3-4,6-7,9H,2,5,13H2,1H3,(H,14,15)/t9-/m0/s1. The summed E-state index contributed by atoms with van der Waals surface area (Å²) in [5.74, 6) is -0.795. The largest absolute Gasteiger partial charge is 0.322 e. The lowest BCUT2D eigenvalue weighted by Gasteiger charge is -2.11. The van der Waals surface area contributed by atoms with Crippen LogP contribution in [0.5, 0.6) is 0 Å². The van der Waals surface area contributed by atoms with Crippen LogP contribution in [0.3, 0.4) is 0 Å². The molecule has 3 N–H and O–H groups in total. The minimum absolute atomic E-state index is 0.175. The van der Waals surface area contributed by atoms with E-state index in [1.54, 1.807) is 12.1 Å². The molecule has 3 nitrogen and oxygen atoms in total. The second-order valence-corrected chi connectivity index (χ2v) is 3.36. The van der Waals surface area contributed by atoms with Crippen LogP contribution in [0.4, 0.5) is 10.1 Å². The molecule has 0 bridgehead atoms. The number of para-hydroxylation sites is 1.